The van der Waals surface area contributed by atoms with Gasteiger partial charge in [0.05, 0.1) is 5.92 Å². The molecular formula is C28H37N3O4. The van der Waals surface area contributed by atoms with Crippen LogP contribution in [0.25, 0.3) is 0 Å². The first-order valence-electron chi connectivity index (χ1n) is 12.7. The highest BCUT2D eigenvalue weighted by atomic mass is 16.5. The lowest BCUT2D eigenvalue weighted by Crippen LogP contribution is -2.47. The first-order chi connectivity index (χ1) is 16.9. The molecule has 1 aliphatic heterocycles. The fourth-order valence-corrected chi connectivity index (χ4v) is 5.12. The van der Waals surface area contributed by atoms with E-state index in [9.17, 15) is 14.4 Å². The molecular weight excluding hydrogens is 442 g/mol. The van der Waals surface area contributed by atoms with E-state index >= 15 is 0 Å². The van der Waals surface area contributed by atoms with Gasteiger partial charge in [0.2, 0.25) is 5.91 Å². The smallest absolute Gasteiger partial charge is 0.250 e. The summed E-state index contributed by atoms with van der Waals surface area (Å²) >= 11 is 0. The van der Waals surface area contributed by atoms with E-state index < -0.39 is 0 Å². The number of benzene rings is 1. The van der Waals surface area contributed by atoms with Crippen molar-refractivity contribution in [2.75, 3.05) is 26.8 Å². The number of piperidine rings is 1. The number of carbonyl (C=O) groups excluding carboxylic acids is 2. The number of hydrogen-bond donors (Lipinski definition) is 1. The number of ether oxygens (including phenoxy) is 1. The molecule has 2 unspecified atom stereocenters. The van der Waals surface area contributed by atoms with Crippen LogP contribution in [-0.4, -0.2) is 54.0 Å². The Hall–Kier alpha value is -2.77. The molecule has 7 heteroatoms. The van der Waals surface area contributed by atoms with Crippen LogP contribution in [0.4, 0.5) is 0 Å². The number of nitrogens with one attached hydrogen (secondary N) is 1. The van der Waals surface area contributed by atoms with Gasteiger partial charge in [0, 0.05) is 57.7 Å². The van der Waals surface area contributed by atoms with Gasteiger partial charge < -0.3 is 19.5 Å². The van der Waals surface area contributed by atoms with Crippen molar-refractivity contribution in [3.63, 3.8) is 0 Å². The van der Waals surface area contributed by atoms with Crippen LogP contribution in [0.15, 0.2) is 41.3 Å². The van der Waals surface area contributed by atoms with Crippen LogP contribution in [0.3, 0.4) is 0 Å². The van der Waals surface area contributed by atoms with Gasteiger partial charge in [-0.1, -0.05) is 6.07 Å². The average molecular weight is 480 g/mol. The summed E-state index contributed by atoms with van der Waals surface area (Å²) in [4.78, 5) is 40.5. The van der Waals surface area contributed by atoms with E-state index in [0.29, 0.717) is 25.3 Å². The molecule has 188 valence electrons. The monoisotopic (exact) mass is 479 g/mol. The minimum Gasteiger partial charge on any atom is -0.385 e. The summed E-state index contributed by atoms with van der Waals surface area (Å²) in [5.74, 6) is -0.0217. The third kappa shape index (κ3) is 6.27. The third-order valence-electron chi connectivity index (χ3n) is 7.25. The van der Waals surface area contributed by atoms with Crippen LogP contribution in [-0.2, 0) is 29.5 Å². The average Bonchev–Trinajstić information content (AvgIpc) is 3.69. The number of Topliss-reactive ketones (excluding diaryl/α,β-unsaturated/α-hetero) is 1. The second kappa shape index (κ2) is 11.3. The zero-order valence-corrected chi connectivity index (χ0v) is 21.1. The van der Waals surface area contributed by atoms with Gasteiger partial charge in [0.25, 0.3) is 5.56 Å². The minimum absolute atomic E-state index is 0.0204. The predicted octanol–water partition coefficient (Wildman–Crippen LogP) is 3.05. The Kier molecular flexibility index (Phi) is 8.19. The minimum atomic E-state index is -0.214. The molecule has 1 saturated carbocycles. The van der Waals surface area contributed by atoms with Crippen molar-refractivity contribution in [3.05, 3.63) is 69.1 Å². The molecule has 0 spiro atoms. The SMILES string of the molecule is COCCCc1cc(CN(C(=O)C2CNCCC2c2ccn(C)c(=O)c2)C2CC2)cc(C(C)=O)c1. The number of carbonyl (C=O) groups is 2. The molecule has 0 radical (unpaired) electrons. The maximum atomic E-state index is 14.0. The second-order valence-electron chi connectivity index (χ2n) is 10.0. The molecule has 0 bridgehead atoms. The number of methoxy groups -OCH3 is 1. The molecule has 2 aromatic rings. The van der Waals surface area contributed by atoms with Crippen LogP contribution in [0.2, 0.25) is 0 Å². The van der Waals surface area contributed by atoms with Gasteiger partial charge in [0.15, 0.2) is 5.78 Å². The van der Waals surface area contributed by atoms with Crippen molar-refractivity contribution >= 4 is 11.7 Å². The van der Waals surface area contributed by atoms with Gasteiger partial charge in [-0.25, -0.2) is 0 Å². The highest BCUT2D eigenvalue weighted by Crippen LogP contribution is 2.36. The Morgan fingerprint density at radius 3 is 2.60 bits per heavy atom. The van der Waals surface area contributed by atoms with Crippen molar-refractivity contribution in [1.82, 2.24) is 14.8 Å². The Balaban J connectivity index is 1.58. The molecule has 1 amide bonds. The fraction of sp³-hybridized carbons (Fsp3) is 0.536. The molecule has 2 fully saturated rings. The summed E-state index contributed by atoms with van der Waals surface area (Å²) in [5, 5.41) is 3.39. The molecule has 2 aliphatic rings. The van der Waals surface area contributed by atoms with E-state index in [0.717, 1.165) is 55.3 Å². The standard InChI is InChI=1S/C28H37N3O4/c1-19(32)23-14-20(5-4-12-35-3)13-21(15-23)18-31(24-6-7-24)28(34)26-17-29-10-8-25(26)22-9-11-30(2)27(33)16-22/h9,11,13-16,24-26,29H,4-8,10,12,17-18H2,1-3H3. The van der Waals surface area contributed by atoms with Gasteiger partial charge in [-0.2, -0.15) is 0 Å². The van der Waals surface area contributed by atoms with Crippen molar-refractivity contribution in [3.8, 4) is 0 Å². The first kappa shape index (κ1) is 25.3. The molecule has 1 aliphatic carbocycles. The van der Waals surface area contributed by atoms with Crippen molar-refractivity contribution in [2.45, 2.75) is 57.5 Å². The lowest BCUT2D eigenvalue weighted by atomic mass is 9.80. The highest BCUT2D eigenvalue weighted by molar-refractivity contribution is 5.94. The number of rotatable bonds is 10. The van der Waals surface area contributed by atoms with Crippen molar-refractivity contribution < 1.29 is 14.3 Å². The van der Waals surface area contributed by atoms with Gasteiger partial charge in [-0.05, 0) is 86.4 Å². The number of amides is 1. The summed E-state index contributed by atoms with van der Waals surface area (Å²) in [6.45, 7) is 4.20. The Bertz CT molecular complexity index is 1120. The maximum Gasteiger partial charge on any atom is 0.250 e. The molecule has 7 nitrogen and oxygen atoms in total. The van der Waals surface area contributed by atoms with Crippen LogP contribution < -0.4 is 10.9 Å². The molecule has 2 heterocycles. The number of aromatic nitrogens is 1. The topological polar surface area (TPSA) is 80.6 Å². The summed E-state index contributed by atoms with van der Waals surface area (Å²) in [6, 6.07) is 9.92. The lowest BCUT2D eigenvalue weighted by molar-refractivity contribution is -0.138. The Labute approximate surface area is 207 Å². The largest absolute Gasteiger partial charge is 0.385 e. The summed E-state index contributed by atoms with van der Waals surface area (Å²) < 4.78 is 6.75. The summed E-state index contributed by atoms with van der Waals surface area (Å²) in [5.41, 5.74) is 3.69. The van der Waals surface area contributed by atoms with E-state index in [2.05, 4.69) is 11.4 Å². The summed E-state index contributed by atoms with van der Waals surface area (Å²) in [6.07, 6.45) is 6.35. The molecule has 4 rings (SSSR count). The van der Waals surface area contributed by atoms with E-state index in [-0.39, 0.29) is 35.1 Å². The maximum absolute atomic E-state index is 14.0. The molecule has 1 aromatic carbocycles. The lowest BCUT2D eigenvalue weighted by Gasteiger charge is -2.36. The van der Waals surface area contributed by atoms with Crippen LogP contribution in [0.5, 0.6) is 0 Å². The highest BCUT2D eigenvalue weighted by Gasteiger charge is 2.40. The van der Waals surface area contributed by atoms with Crippen molar-refractivity contribution in [1.29, 1.82) is 0 Å². The predicted molar refractivity (Wildman–Crippen MR) is 136 cm³/mol. The van der Waals surface area contributed by atoms with Gasteiger partial charge >= 0.3 is 0 Å². The van der Waals surface area contributed by atoms with Gasteiger partial charge in [0.1, 0.15) is 0 Å². The van der Waals surface area contributed by atoms with Crippen LogP contribution >= 0.6 is 0 Å². The third-order valence-corrected chi connectivity index (χ3v) is 7.25. The van der Waals surface area contributed by atoms with E-state index in [1.165, 1.54) is 0 Å². The number of aryl methyl sites for hydroxylation is 2. The van der Waals surface area contributed by atoms with Gasteiger partial charge in [-0.3, -0.25) is 14.4 Å². The molecule has 2 atom stereocenters. The van der Waals surface area contributed by atoms with Crippen molar-refractivity contribution in [2.24, 2.45) is 13.0 Å². The normalized spacial score (nSPS) is 20.0. The van der Waals surface area contributed by atoms with E-state index in [4.69, 9.17) is 4.74 Å². The Morgan fingerprint density at radius 2 is 1.91 bits per heavy atom. The molecule has 35 heavy (non-hydrogen) atoms. The zero-order valence-electron chi connectivity index (χ0n) is 21.1. The summed E-state index contributed by atoms with van der Waals surface area (Å²) in [7, 11) is 3.43. The number of hydrogen-bond acceptors (Lipinski definition) is 5. The van der Waals surface area contributed by atoms with E-state index in [1.807, 2.05) is 23.1 Å². The second-order valence-corrected chi connectivity index (χ2v) is 10.0. The van der Waals surface area contributed by atoms with Gasteiger partial charge in [-0.15, -0.1) is 0 Å². The van der Waals surface area contributed by atoms with Crippen LogP contribution in [0.1, 0.15) is 65.6 Å². The van der Waals surface area contributed by atoms with E-state index in [1.54, 1.807) is 37.9 Å². The number of ketones is 1. The quantitative estimate of drug-likeness (QED) is 0.419. The molecule has 1 saturated heterocycles. The zero-order chi connectivity index (χ0) is 24.9. The fourth-order valence-electron chi connectivity index (χ4n) is 5.12. The number of nitrogens with zero attached hydrogens (tertiary/aromatic N) is 2. The molecule has 1 N–H and O–H groups in total. The van der Waals surface area contributed by atoms with Crippen LogP contribution in [0, 0.1) is 5.92 Å². The first-order valence-corrected chi connectivity index (χ1v) is 12.7. The number of pyridine rings is 1. The molecule has 1 aromatic heterocycles. The Morgan fingerprint density at radius 1 is 1.14 bits per heavy atom.